The summed E-state index contributed by atoms with van der Waals surface area (Å²) in [5.74, 6) is -0.915. The number of carbonyl (C=O) groups is 2. The molecule has 1 fully saturated rings. The lowest BCUT2D eigenvalue weighted by Crippen LogP contribution is -2.24. The van der Waals surface area contributed by atoms with Crippen molar-refractivity contribution in [1.29, 1.82) is 0 Å². The Labute approximate surface area is 102 Å². The third-order valence-corrected chi connectivity index (χ3v) is 3.58. The van der Waals surface area contributed by atoms with Crippen LogP contribution in [-0.2, 0) is 14.3 Å². The smallest absolute Gasteiger partial charge is 0.314 e. The molecule has 4 heteroatoms. The van der Waals surface area contributed by atoms with Crippen molar-refractivity contribution in [3.63, 3.8) is 0 Å². The van der Waals surface area contributed by atoms with Gasteiger partial charge in [-0.2, -0.15) is 0 Å². The van der Waals surface area contributed by atoms with Crippen molar-refractivity contribution in [3.05, 3.63) is 33.8 Å². The summed E-state index contributed by atoms with van der Waals surface area (Å²) in [5.41, 5.74) is 2.14. The number of hydrogen-bond donors (Lipinski definition) is 0. The standard InChI is InChI=1S/C12H11BrO3/c1-7-2-3-8(4-10(7)13)9-5-11(14)16-12(15)6-9/h2-4,9H,5-6H2,1H3. The molecule has 0 amide bonds. The average Bonchev–Trinajstić information content (AvgIpc) is 2.20. The lowest BCUT2D eigenvalue weighted by Gasteiger charge is -2.20. The number of ether oxygens (including phenoxy) is 1. The number of hydrogen-bond acceptors (Lipinski definition) is 3. The van der Waals surface area contributed by atoms with Gasteiger partial charge in [-0.05, 0) is 24.1 Å². The summed E-state index contributed by atoms with van der Waals surface area (Å²) in [4.78, 5) is 22.3. The van der Waals surface area contributed by atoms with E-state index in [9.17, 15) is 9.59 Å². The van der Waals surface area contributed by atoms with Crippen LogP contribution in [0.25, 0.3) is 0 Å². The van der Waals surface area contributed by atoms with Gasteiger partial charge in [0.15, 0.2) is 0 Å². The quantitative estimate of drug-likeness (QED) is 0.588. The van der Waals surface area contributed by atoms with Gasteiger partial charge in [0.1, 0.15) is 0 Å². The van der Waals surface area contributed by atoms with E-state index < -0.39 is 11.9 Å². The van der Waals surface area contributed by atoms with E-state index in [4.69, 9.17) is 0 Å². The first-order chi connectivity index (χ1) is 7.56. The summed E-state index contributed by atoms with van der Waals surface area (Å²) in [6, 6.07) is 5.90. The predicted molar refractivity (Wildman–Crippen MR) is 62.0 cm³/mol. The van der Waals surface area contributed by atoms with Crippen molar-refractivity contribution in [2.75, 3.05) is 0 Å². The van der Waals surface area contributed by atoms with Crippen LogP contribution < -0.4 is 0 Å². The van der Waals surface area contributed by atoms with Gasteiger partial charge in [0.25, 0.3) is 0 Å². The molecule has 1 heterocycles. The van der Waals surface area contributed by atoms with E-state index in [1.165, 1.54) is 0 Å². The first-order valence-electron chi connectivity index (χ1n) is 5.06. The summed E-state index contributed by atoms with van der Waals surface area (Å²) in [6.45, 7) is 1.99. The molecular weight excluding hydrogens is 272 g/mol. The van der Waals surface area contributed by atoms with Crippen molar-refractivity contribution in [2.24, 2.45) is 0 Å². The molecule has 0 aromatic heterocycles. The number of carbonyl (C=O) groups excluding carboxylic acids is 2. The Kier molecular flexibility index (Phi) is 3.10. The maximum absolute atomic E-state index is 11.2. The number of cyclic esters (lactones) is 2. The summed E-state index contributed by atoms with van der Waals surface area (Å²) < 4.78 is 5.50. The van der Waals surface area contributed by atoms with Gasteiger partial charge in [-0.15, -0.1) is 0 Å². The molecule has 2 rings (SSSR count). The Balaban J connectivity index is 2.26. The highest BCUT2D eigenvalue weighted by Crippen LogP contribution is 2.30. The summed E-state index contributed by atoms with van der Waals surface area (Å²) in [6.07, 6.45) is 0.558. The fourth-order valence-electron chi connectivity index (χ4n) is 1.78. The number of halogens is 1. The van der Waals surface area contributed by atoms with E-state index in [2.05, 4.69) is 20.7 Å². The molecule has 1 aliphatic heterocycles. The van der Waals surface area contributed by atoms with Crippen molar-refractivity contribution < 1.29 is 14.3 Å². The number of esters is 2. The number of rotatable bonds is 1. The Morgan fingerprint density at radius 1 is 1.25 bits per heavy atom. The Hall–Kier alpha value is -1.16. The minimum absolute atomic E-state index is 0.0503. The molecule has 0 unspecified atom stereocenters. The van der Waals surface area contributed by atoms with Gasteiger partial charge in [-0.25, -0.2) is 0 Å². The normalized spacial score (nSPS) is 17.4. The van der Waals surface area contributed by atoms with Crippen molar-refractivity contribution >= 4 is 27.9 Å². The molecular formula is C12H11BrO3. The Morgan fingerprint density at radius 2 is 1.88 bits per heavy atom. The van der Waals surface area contributed by atoms with E-state index in [0.717, 1.165) is 15.6 Å². The summed E-state index contributed by atoms with van der Waals surface area (Å²) >= 11 is 3.44. The van der Waals surface area contributed by atoms with Gasteiger partial charge in [0.2, 0.25) is 0 Å². The highest BCUT2D eigenvalue weighted by molar-refractivity contribution is 9.10. The molecule has 1 aromatic carbocycles. The van der Waals surface area contributed by atoms with Gasteiger partial charge in [0, 0.05) is 10.4 Å². The zero-order valence-electron chi connectivity index (χ0n) is 8.83. The zero-order chi connectivity index (χ0) is 11.7. The minimum Gasteiger partial charge on any atom is -0.393 e. The molecule has 0 aliphatic carbocycles. The summed E-state index contributed by atoms with van der Waals surface area (Å²) in [5, 5.41) is 0. The fourth-order valence-corrected chi connectivity index (χ4v) is 2.18. The molecule has 0 radical (unpaired) electrons. The molecule has 0 N–H and O–H groups in total. The van der Waals surface area contributed by atoms with Crippen molar-refractivity contribution in [2.45, 2.75) is 25.7 Å². The third kappa shape index (κ3) is 2.32. The first kappa shape index (κ1) is 11.3. The van der Waals surface area contributed by atoms with Crippen LogP contribution >= 0.6 is 15.9 Å². The van der Waals surface area contributed by atoms with Crippen LogP contribution in [-0.4, -0.2) is 11.9 Å². The molecule has 0 saturated carbocycles. The maximum Gasteiger partial charge on any atom is 0.314 e. The van der Waals surface area contributed by atoms with E-state index in [1.54, 1.807) is 0 Å². The highest BCUT2D eigenvalue weighted by Gasteiger charge is 2.28. The SMILES string of the molecule is Cc1ccc(C2CC(=O)OC(=O)C2)cc1Br. The topological polar surface area (TPSA) is 43.4 Å². The number of benzene rings is 1. The molecule has 0 atom stereocenters. The zero-order valence-corrected chi connectivity index (χ0v) is 10.4. The summed E-state index contributed by atoms with van der Waals surface area (Å²) in [7, 11) is 0. The largest absolute Gasteiger partial charge is 0.393 e. The third-order valence-electron chi connectivity index (χ3n) is 2.72. The Bertz CT molecular complexity index is 438. The Morgan fingerprint density at radius 3 is 2.44 bits per heavy atom. The van der Waals surface area contributed by atoms with Crippen LogP contribution in [0.2, 0.25) is 0 Å². The number of aryl methyl sites for hydroxylation is 1. The molecule has 3 nitrogen and oxygen atoms in total. The van der Waals surface area contributed by atoms with E-state index in [0.29, 0.717) is 0 Å². The molecule has 84 valence electrons. The van der Waals surface area contributed by atoms with E-state index in [1.807, 2.05) is 25.1 Å². The van der Waals surface area contributed by atoms with Gasteiger partial charge in [-0.1, -0.05) is 28.1 Å². The van der Waals surface area contributed by atoms with E-state index in [-0.39, 0.29) is 18.8 Å². The second-order valence-electron chi connectivity index (χ2n) is 3.96. The molecule has 1 saturated heterocycles. The average molecular weight is 283 g/mol. The highest BCUT2D eigenvalue weighted by atomic mass is 79.9. The van der Waals surface area contributed by atoms with E-state index >= 15 is 0 Å². The minimum atomic E-state index is -0.432. The van der Waals surface area contributed by atoms with Crippen LogP contribution in [0.5, 0.6) is 0 Å². The van der Waals surface area contributed by atoms with Crippen LogP contribution in [0.4, 0.5) is 0 Å². The predicted octanol–water partition coefficient (Wildman–Crippen LogP) is 2.70. The fraction of sp³-hybridized carbons (Fsp3) is 0.333. The van der Waals surface area contributed by atoms with Gasteiger partial charge in [0.05, 0.1) is 12.8 Å². The van der Waals surface area contributed by atoms with Crippen LogP contribution in [0, 0.1) is 6.92 Å². The van der Waals surface area contributed by atoms with Gasteiger partial charge in [-0.3, -0.25) is 9.59 Å². The molecule has 0 spiro atoms. The second-order valence-corrected chi connectivity index (χ2v) is 4.81. The molecule has 1 aliphatic rings. The van der Waals surface area contributed by atoms with Crippen LogP contribution in [0.15, 0.2) is 22.7 Å². The molecule has 0 bridgehead atoms. The molecule has 1 aromatic rings. The monoisotopic (exact) mass is 282 g/mol. The maximum atomic E-state index is 11.2. The lowest BCUT2D eigenvalue weighted by atomic mass is 9.91. The van der Waals surface area contributed by atoms with Crippen LogP contribution in [0.1, 0.15) is 29.9 Å². The van der Waals surface area contributed by atoms with Crippen LogP contribution in [0.3, 0.4) is 0 Å². The molecule has 16 heavy (non-hydrogen) atoms. The van der Waals surface area contributed by atoms with Gasteiger partial charge >= 0.3 is 11.9 Å². The second kappa shape index (κ2) is 4.37. The van der Waals surface area contributed by atoms with Crippen molar-refractivity contribution in [1.82, 2.24) is 0 Å². The lowest BCUT2D eigenvalue weighted by molar-refractivity contribution is -0.163. The van der Waals surface area contributed by atoms with Crippen molar-refractivity contribution in [3.8, 4) is 0 Å². The van der Waals surface area contributed by atoms with Gasteiger partial charge < -0.3 is 4.74 Å². The first-order valence-corrected chi connectivity index (χ1v) is 5.85.